The molecule has 1 heterocycles. The van der Waals surface area contributed by atoms with Crippen LogP contribution in [0.2, 0.25) is 0 Å². The summed E-state index contributed by atoms with van der Waals surface area (Å²) in [5.41, 5.74) is 8.69. The van der Waals surface area contributed by atoms with Crippen LogP contribution < -0.4 is 10.5 Å². The van der Waals surface area contributed by atoms with Gasteiger partial charge in [-0.05, 0) is 12.1 Å². The standard InChI is InChI=1S/C6H6N2O/c1-9-5-2-3-6(7)8-4-5/h2-4H,1H3. The zero-order valence-electron chi connectivity index (χ0n) is 5.03. The second kappa shape index (κ2) is 2.35. The first kappa shape index (κ1) is 5.88. The van der Waals surface area contributed by atoms with E-state index in [9.17, 15) is 0 Å². The van der Waals surface area contributed by atoms with E-state index in [2.05, 4.69) is 4.98 Å². The summed E-state index contributed by atoms with van der Waals surface area (Å²) in [5.74, 6) is 0.656. The van der Waals surface area contributed by atoms with Gasteiger partial charge >= 0.3 is 0 Å². The fourth-order valence-electron chi connectivity index (χ4n) is 0.493. The largest absolute Gasteiger partial charge is 0.495 e. The van der Waals surface area contributed by atoms with Crippen LogP contribution in [0, 0.1) is 0 Å². The summed E-state index contributed by atoms with van der Waals surface area (Å²) in [6.45, 7) is 0. The average molecular weight is 122 g/mol. The van der Waals surface area contributed by atoms with Gasteiger partial charge in [-0.3, -0.25) is 0 Å². The van der Waals surface area contributed by atoms with E-state index in [0.717, 1.165) is 0 Å². The summed E-state index contributed by atoms with van der Waals surface area (Å²) in [6.07, 6.45) is 1.45. The molecule has 0 N–H and O–H groups in total. The first-order valence-electron chi connectivity index (χ1n) is 2.52. The second-order valence-electron chi connectivity index (χ2n) is 1.56. The highest BCUT2D eigenvalue weighted by Crippen LogP contribution is 2.08. The van der Waals surface area contributed by atoms with Crippen molar-refractivity contribution in [3.05, 3.63) is 18.3 Å². The number of pyridine rings is 1. The maximum Gasteiger partial charge on any atom is 0.174 e. The number of ether oxygens (including phenoxy) is 1. The van der Waals surface area contributed by atoms with Crippen LogP contribution in [-0.4, -0.2) is 12.1 Å². The molecule has 0 spiro atoms. The van der Waals surface area contributed by atoms with Crippen molar-refractivity contribution in [2.75, 3.05) is 7.11 Å². The minimum Gasteiger partial charge on any atom is -0.495 e. The minimum atomic E-state index is 0.0100. The van der Waals surface area contributed by atoms with Crippen LogP contribution >= 0.6 is 0 Å². The molecule has 0 amide bonds. The molecule has 46 valence electrons. The maximum absolute atomic E-state index is 8.69. The van der Waals surface area contributed by atoms with E-state index in [0.29, 0.717) is 5.75 Å². The molecule has 1 aromatic heterocycles. The Labute approximate surface area is 53.5 Å². The van der Waals surface area contributed by atoms with Gasteiger partial charge in [0.2, 0.25) is 0 Å². The predicted octanol–water partition coefficient (Wildman–Crippen LogP) is 0.790. The van der Waals surface area contributed by atoms with Gasteiger partial charge < -0.3 is 4.74 Å². The van der Waals surface area contributed by atoms with Gasteiger partial charge in [-0.2, -0.15) is 0 Å². The first-order chi connectivity index (χ1) is 4.33. The molecule has 0 fully saturated rings. The third-order valence-electron chi connectivity index (χ3n) is 0.956. The lowest BCUT2D eigenvalue weighted by Gasteiger charge is -1.94. The third-order valence-corrected chi connectivity index (χ3v) is 0.956. The van der Waals surface area contributed by atoms with Crippen molar-refractivity contribution in [3.63, 3.8) is 0 Å². The lowest BCUT2D eigenvalue weighted by molar-refractivity contribution is 0.413. The molecule has 0 atom stereocenters. The van der Waals surface area contributed by atoms with Crippen molar-refractivity contribution in [2.45, 2.75) is 0 Å². The molecule has 0 saturated heterocycles. The van der Waals surface area contributed by atoms with Gasteiger partial charge in [-0.15, -0.1) is 5.73 Å². The summed E-state index contributed by atoms with van der Waals surface area (Å²) in [6, 6.07) is 3.11. The van der Waals surface area contributed by atoms with Gasteiger partial charge in [0.05, 0.1) is 13.3 Å². The Hall–Kier alpha value is -1.25. The Kier molecular flexibility index (Phi) is 1.53. The highest BCUT2D eigenvalue weighted by molar-refractivity contribution is 5.28. The summed E-state index contributed by atoms with van der Waals surface area (Å²) in [5, 5.41) is 0. The fraction of sp³-hybridized carbons (Fsp3) is 0.167. The SMILES string of the molecule is COc1ccc([N])nc1. The van der Waals surface area contributed by atoms with E-state index in [1.165, 1.54) is 12.3 Å². The Morgan fingerprint density at radius 1 is 1.56 bits per heavy atom. The molecule has 0 saturated carbocycles. The molecule has 2 radical (unpaired) electrons. The predicted molar refractivity (Wildman–Crippen MR) is 32.6 cm³/mol. The average Bonchev–Trinajstić information content (AvgIpc) is 1.90. The third kappa shape index (κ3) is 1.32. The molecule has 3 nitrogen and oxygen atoms in total. The van der Waals surface area contributed by atoms with Crippen molar-refractivity contribution in [1.29, 1.82) is 0 Å². The van der Waals surface area contributed by atoms with Gasteiger partial charge in [-0.25, -0.2) is 4.98 Å². The molecule has 0 aromatic carbocycles. The second-order valence-corrected chi connectivity index (χ2v) is 1.56. The van der Waals surface area contributed by atoms with Crippen LogP contribution in [0.4, 0.5) is 5.82 Å². The zero-order chi connectivity index (χ0) is 6.69. The minimum absolute atomic E-state index is 0.0100. The van der Waals surface area contributed by atoms with Crippen LogP contribution in [0.15, 0.2) is 18.3 Å². The van der Waals surface area contributed by atoms with Crippen LogP contribution in [0.25, 0.3) is 0 Å². The number of nitrogens with zero attached hydrogens (tertiary/aromatic N) is 2. The highest BCUT2D eigenvalue weighted by atomic mass is 16.5. The maximum atomic E-state index is 8.69. The fourth-order valence-corrected chi connectivity index (χ4v) is 0.493. The summed E-state index contributed by atoms with van der Waals surface area (Å²) in [7, 11) is 1.55. The van der Waals surface area contributed by atoms with E-state index in [1.807, 2.05) is 0 Å². The van der Waals surface area contributed by atoms with Crippen LogP contribution in [0.3, 0.4) is 0 Å². The van der Waals surface area contributed by atoms with Gasteiger partial charge in [0.1, 0.15) is 5.75 Å². The van der Waals surface area contributed by atoms with Gasteiger partial charge in [0.15, 0.2) is 5.82 Å². The Morgan fingerprint density at radius 3 is 2.78 bits per heavy atom. The van der Waals surface area contributed by atoms with E-state index in [4.69, 9.17) is 10.5 Å². The normalized spacial score (nSPS) is 9.00. The number of methoxy groups -OCH3 is 1. The number of hydrogen-bond acceptors (Lipinski definition) is 2. The van der Waals surface area contributed by atoms with Gasteiger partial charge in [0, 0.05) is 0 Å². The van der Waals surface area contributed by atoms with Crippen LogP contribution in [-0.2, 0) is 0 Å². The molecule has 0 bridgehead atoms. The molecule has 0 aliphatic carbocycles. The zero-order valence-corrected chi connectivity index (χ0v) is 5.03. The Balaban J connectivity index is 2.88. The molecular formula is C6H6N2O. The van der Waals surface area contributed by atoms with Crippen molar-refractivity contribution >= 4 is 5.82 Å². The van der Waals surface area contributed by atoms with Crippen molar-refractivity contribution in [2.24, 2.45) is 0 Å². The van der Waals surface area contributed by atoms with Crippen molar-refractivity contribution in [1.82, 2.24) is 10.7 Å². The van der Waals surface area contributed by atoms with Gasteiger partial charge in [-0.1, -0.05) is 0 Å². The van der Waals surface area contributed by atoms with E-state index >= 15 is 0 Å². The van der Waals surface area contributed by atoms with Crippen LogP contribution in [0.5, 0.6) is 5.75 Å². The molecule has 0 aliphatic rings. The number of rotatable bonds is 1. The first-order valence-corrected chi connectivity index (χ1v) is 2.52. The quantitative estimate of drug-likeness (QED) is 0.552. The van der Waals surface area contributed by atoms with E-state index in [1.54, 1.807) is 13.2 Å². The molecule has 3 heteroatoms. The van der Waals surface area contributed by atoms with Crippen molar-refractivity contribution in [3.8, 4) is 5.75 Å². The smallest absolute Gasteiger partial charge is 0.174 e. The van der Waals surface area contributed by atoms with Crippen LogP contribution in [0.1, 0.15) is 0 Å². The van der Waals surface area contributed by atoms with Crippen molar-refractivity contribution < 1.29 is 4.74 Å². The molecular weight excluding hydrogens is 116 g/mol. The van der Waals surface area contributed by atoms with E-state index in [-0.39, 0.29) is 5.82 Å². The number of hydrogen-bond donors (Lipinski definition) is 0. The molecule has 0 unspecified atom stereocenters. The summed E-state index contributed by atoms with van der Waals surface area (Å²) in [4.78, 5) is 3.58. The number of aromatic nitrogens is 1. The molecule has 9 heavy (non-hydrogen) atoms. The lowest BCUT2D eigenvalue weighted by atomic mass is 10.4. The summed E-state index contributed by atoms with van der Waals surface area (Å²) < 4.78 is 4.80. The lowest BCUT2D eigenvalue weighted by Crippen LogP contribution is -1.83. The molecule has 1 aromatic rings. The topological polar surface area (TPSA) is 44.4 Å². The molecule has 1 rings (SSSR count). The van der Waals surface area contributed by atoms with E-state index < -0.39 is 0 Å². The molecule has 0 aliphatic heterocycles. The highest BCUT2D eigenvalue weighted by Gasteiger charge is 1.89. The van der Waals surface area contributed by atoms with Gasteiger partial charge in [0.25, 0.3) is 0 Å². The monoisotopic (exact) mass is 122 g/mol. The Bertz CT molecular complexity index is 183. The Morgan fingerprint density at radius 2 is 2.33 bits per heavy atom. The summed E-state index contributed by atoms with van der Waals surface area (Å²) >= 11 is 0.